The van der Waals surface area contributed by atoms with Crippen molar-refractivity contribution in [2.45, 2.75) is 11.5 Å². The van der Waals surface area contributed by atoms with Crippen LogP contribution < -0.4 is 9.46 Å². The largest absolute Gasteiger partial charge is 0.432 e. The van der Waals surface area contributed by atoms with Gasteiger partial charge in [-0.1, -0.05) is 0 Å². The fraction of sp³-hybridized carbons (Fsp3) is 0.0588. The summed E-state index contributed by atoms with van der Waals surface area (Å²) < 4.78 is 109. The second-order valence-corrected chi connectivity index (χ2v) is 7.30. The number of sulfonamides is 1. The lowest BCUT2D eigenvalue weighted by molar-refractivity contribution is -0.0523. The van der Waals surface area contributed by atoms with Crippen molar-refractivity contribution in [3.63, 3.8) is 0 Å². The zero-order chi connectivity index (χ0) is 21.3. The van der Waals surface area contributed by atoms with Gasteiger partial charge in [-0.05, 0) is 18.2 Å². The molecule has 0 aliphatic heterocycles. The van der Waals surface area contributed by atoms with Gasteiger partial charge in [0.05, 0.1) is 5.69 Å². The first-order valence-electron chi connectivity index (χ1n) is 7.67. The fourth-order valence-corrected chi connectivity index (χ4v) is 3.44. The third-order valence-electron chi connectivity index (χ3n) is 3.67. The van der Waals surface area contributed by atoms with Crippen molar-refractivity contribution >= 4 is 15.7 Å². The number of alkyl halides is 2. The van der Waals surface area contributed by atoms with Crippen LogP contribution in [-0.4, -0.2) is 20.0 Å². The maximum absolute atomic E-state index is 14.0. The van der Waals surface area contributed by atoms with Crippen LogP contribution in [0.25, 0.3) is 11.3 Å². The van der Waals surface area contributed by atoms with Crippen LogP contribution in [0.4, 0.5) is 32.0 Å². The Morgan fingerprint density at radius 1 is 0.931 bits per heavy atom. The molecule has 154 valence electrons. The van der Waals surface area contributed by atoms with Crippen LogP contribution in [0.2, 0.25) is 0 Å². The molecular weight excluding hydrogens is 426 g/mol. The van der Waals surface area contributed by atoms with Gasteiger partial charge >= 0.3 is 6.61 Å². The molecule has 2 N–H and O–H groups in total. The quantitative estimate of drug-likeness (QED) is 0.553. The number of hydrogen-bond donors (Lipinski definition) is 2. The van der Waals surface area contributed by atoms with E-state index in [1.165, 1.54) is 0 Å². The molecule has 5 nitrogen and oxygen atoms in total. The number of aromatic nitrogens is 1. The van der Waals surface area contributed by atoms with Crippen molar-refractivity contribution in [2.75, 3.05) is 4.72 Å². The van der Waals surface area contributed by atoms with Gasteiger partial charge in [-0.25, -0.2) is 26.0 Å². The van der Waals surface area contributed by atoms with E-state index in [1.54, 1.807) is 4.72 Å². The molecular formula is C17H10F6N2O3S. The molecule has 3 rings (SSSR count). The van der Waals surface area contributed by atoms with Gasteiger partial charge in [0.1, 0.15) is 16.5 Å². The highest BCUT2D eigenvalue weighted by Crippen LogP contribution is 2.29. The first-order valence-corrected chi connectivity index (χ1v) is 9.15. The predicted molar refractivity (Wildman–Crippen MR) is 89.9 cm³/mol. The van der Waals surface area contributed by atoms with Crippen LogP contribution in [0.3, 0.4) is 0 Å². The Hall–Kier alpha value is -3.15. The number of nitrogens with one attached hydrogen (secondary N) is 2. The fourth-order valence-electron chi connectivity index (χ4n) is 2.39. The number of benzene rings is 2. The highest BCUT2D eigenvalue weighted by Gasteiger charge is 2.22. The van der Waals surface area contributed by atoms with Crippen molar-refractivity contribution in [3.8, 4) is 17.0 Å². The highest BCUT2D eigenvalue weighted by molar-refractivity contribution is 7.92. The molecule has 0 unspecified atom stereocenters. The number of H-pyrrole nitrogens is 1. The van der Waals surface area contributed by atoms with Gasteiger partial charge in [-0.15, -0.1) is 0 Å². The SMILES string of the molecule is O=S(=O)(Nc1cc(F)c(OC(F)F)cc1F)c1c[nH]c(-c2ccc(F)cc2F)c1. The number of aromatic amines is 1. The lowest BCUT2D eigenvalue weighted by Crippen LogP contribution is -2.14. The summed E-state index contributed by atoms with van der Waals surface area (Å²) in [7, 11) is -4.47. The summed E-state index contributed by atoms with van der Waals surface area (Å²) in [6, 6.07) is 4.22. The monoisotopic (exact) mass is 436 g/mol. The normalized spacial score (nSPS) is 11.7. The van der Waals surface area contributed by atoms with Gasteiger partial charge in [0.2, 0.25) is 0 Å². The topological polar surface area (TPSA) is 71.2 Å². The number of hydrogen-bond acceptors (Lipinski definition) is 3. The van der Waals surface area contributed by atoms with E-state index in [2.05, 4.69) is 9.72 Å². The van der Waals surface area contributed by atoms with E-state index < -0.39 is 56.2 Å². The summed E-state index contributed by atoms with van der Waals surface area (Å²) in [6.07, 6.45) is 0.947. The minimum atomic E-state index is -4.47. The second kappa shape index (κ2) is 7.70. The maximum atomic E-state index is 14.0. The van der Waals surface area contributed by atoms with Crippen LogP contribution in [0, 0.1) is 23.3 Å². The molecule has 0 saturated heterocycles. The van der Waals surface area contributed by atoms with Gasteiger partial charge in [-0.3, -0.25) is 4.72 Å². The molecule has 0 aliphatic rings. The van der Waals surface area contributed by atoms with Crippen molar-refractivity contribution < 1.29 is 39.5 Å². The zero-order valence-electron chi connectivity index (χ0n) is 14.0. The number of rotatable bonds is 6. The van der Waals surface area contributed by atoms with E-state index in [0.717, 1.165) is 24.4 Å². The van der Waals surface area contributed by atoms with Gasteiger partial charge in [0.25, 0.3) is 10.0 Å². The van der Waals surface area contributed by atoms with E-state index in [0.29, 0.717) is 12.1 Å². The highest BCUT2D eigenvalue weighted by atomic mass is 32.2. The van der Waals surface area contributed by atoms with Crippen molar-refractivity contribution in [1.29, 1.82) is 0 Å². The third-order valence-corrected chi connectivity index (χ3v) is 5.02. The van der Waals surface area contributed by atoms with Crippen LogP contribution in [-0.2, 0) is 10.0 Å². The van der Waals surface area contributed by atoms with E-state index in [4.69, 9.17) is 0 Å². The maximum Gasteiger partial charge on any atom is 0.387 e. The lowest BCUT2D eigenvalue weighted by Gasteiger charge is -2.11. The van der Waals surface area contributed by atoms with E-state index >= 15 is 0 Å². The summed E-state index contributed by atoms with van der Waals surface area (Å²) in [5.74, 6) is -5.68. The molecule has 0 bridgehead atoms. The standard InChI is InChI=1S/C17H10F6N2O3S/c18-8-1-2-10(11(19)3-8)14-4-9(7-24-14)29(26,27)25-15-5-13(21)16(6-12(15)20)28-17(22)23/h1-7,17,24-25H. The average Bonchev–Trinajstić information content (AvgIpc) is 3.09. The van der Waals surface area contributed by atoms with Crippen LogP contribution >= 0.6 is 0 Å². The molecule has 3 aromatic rings. The zero-order valence-corrected chi connectivity index (χ0v) is 14.8. The Kier molecular flexibility index (Phi) is 5.46. The molecule has 0 radical (unpaired) electrons. The Morgan fingerprint density at radius 2 is 1.66 bits per heavy atom. The molecule has 0 fully saturated rings. The van der Waals surface area contributed by atoms with E-state index in [9.17, 15) is 34.8 Å². The molecule has 29 heavy (non-hydrogen) atoms. The van der Waals surface area contributed by atoms with Gasteiger partial charge in [0.15, 0.2) is 17.4 Å². The van der Waals surface area contributed by atoms with Crippen molar-refractivity contribution in [2.24, 2.45) is 0 Å². The average molecular weight is 436 g/mol. The molecule has 2 aromatic carbocycles. The van der Waals surface area contributed by atoms with Crippen LogP contribution in [0.15, 0.2) is 47.5 Å². The van der Waals surface area contributed by atoms with Crippen molar-refractivity contribution in [3.05, 3.63) is 65.9 Å². The van der Waals surface area contributed by atoms with Gasteiger partial charge in [-0.2, -0.15) is 8.78 Å². The number of ether oxygens (including phenoxy) is 1. The summed E-state index contributed by atoms with van der Waals surface area (Å²) in [6.45, 7) is -3.41. The summed E-state index contributed by atoms with van der Waals surface area (Å²) in [5, 5.41) is 0. The first-order chi connectivity index (χ1) is 13.6. The minimum Gasteiger partial charge on any atom is -0.432 e. The summed E-state index contributed by atoms with van der Waals surface area (Å²) >= 11 is 0. The van der Waals surface area contributed by atoms with Gasteiger partial charge in [0, 0.05) is 35.7 Å². The minimum absolute atomic E-state index is 0.0183. The molecule has 0 saturated carbocycles. The van der Waals surface area contributed by atoms with Crippen LogP contribution in [0.5, 0.6) is 5.75 Å². The summed E-state index contributed by atoms with van der Waals surface area (Å²) in [5.41, 5.74) is -1.01. The predicted octanol–water partition coefficient (Wildman–Crippen LogP) is 4.64. The number of halogens is 6. The Labute approximate surface area is 160 Å². The van der Waals surface area contributed by atoms with Crippen molar-refractivity contribution in [1.82, 2.24) is 4.98 Å². The molecule has 0 atom stereocenters. The molecule has 0 spiro atoms. The molecule has 1 heterocycles. The van der Waals surface area contributed by atoms with Gasteiger partial charge < -0.3 is 9.72 Å². The first kappa shape index (κ1) is 20.6. The number of anilines is 1. The lowest BCUT2D eigenvalue weighted by atomic mass is 10.1. The Morgan fingerprint density at radius 3 is 2.31 bits per heavy atom. The smallest absolute Gasteiger partial charge is 0.387 e. The van der Waals surface area contributed by atoms with E-state index in [1.807, 2.05) is 0 Å². The Balaban J connectivity index is 1.89. The second-order valence-electron chi connectivity index (χ2n) is 5.62. The third kappa shape index (κ3) is 4.47. The van der Waals surface area contributed by atoms with Crippen LogP contribution in [0.1, 0.15) is 0 Å². The molecule has 12 heteroatoms. The Bertz CT molecular complexity index is 1160. The molecule has 1 aromatic heterocycles. The molecule has 0 aliphatic carbocycles. The summed E-state index contributed by atoms with van der Waals surface area (Å²) in [4.78, 5) is 2.01. The molecule has 0 amide bonds. The van der Waals surface area contributed by atoms with E-state index in [-0.39, 0.29) is 17.3 Å².